The topological polar surface area (TPSA) is 52.6 Å². The fourth-order valence-electron chi connectivity index (χ4n) is 3.44. The van der Waals surface area contributed by atoms with Gasteiger partial charge in [-0.2, -0.15) is 0 Å². The van der Waals surface area contributed by atoms with Crippen LogP contribution in [0.3, 0.4) is 0 Å². The summed E-state index contributed by atoms with van der Waals surface area (Å²) < 4.78 is 0. The molecule has 1 aliphatic heterocycles. The van der Waals surface area contributed by atoms with Gasteiger partial charge in [0.2, 0.25) is 5.91 Å². The van der Waals surface area contributed by atoms with Crippen molar-refractivity contribution in [2.24, 2.45) is 5.92 Å². The minimum atomic E-state index is -0.454. The first kappa shape index (κ1) is 13.8. The standard InChI is InChI=1S/C14H26N2O2/c1-10(17)9-16(2)14(18)13-8-7-11-5-3-4-6-12(11)15-13/h10-13,15,17H,3-9H2,1-2H3. The summed E-state index contributed by atoms with van der Waals surface area (Å²) in [6, 6.07) is 0.509. The third-order valence-corrected chi connectivity index (χ3v) is 4.36. The van der Waals surface area contributed by atoms with Crippen LogP contribution in [0.25, 0.3) is 0 Å². The Kier molecular flexibility index (Phi) is 4.62. The van der Waals surface area contributed by atoms with Gasteiger partial charge in [-0.1, -0.05) is 12.8 Å². The molecule has 0 aromatic carbocycles. The summed E-state index contributed by atoms with van der Waals surface area (Å²) >= 11 is 0. The summed E-state index contributed by atoms with van der Waals surface area (Å²) in [6.45, 7) is 2.14. The molecule has 0 radical (unpaired) electrons. The number of carbonyl (C=O) groups is 1. The molecule has 0 aromatic heterocycles. The number of aliphatic hydroxyl groups excluding tert-OH is 1. The zero-order chi connectivity index (χ0) is 13.1. The molecule has 0 bridgehead atoms. The van der Waals surface area contributed by atoms with Gasteiger partial charge >= 0.3 is 0 Å². The summed E-state index contributed by atoms with van der Waals surface area (Å²) in [7, 11) is 1.78. The van der Waals surface area contributed by atoms with Crippen LogP contribution in [0.15, 0.2) is 0 Å². The second-order valence-electron chi connectivity index (χ2n) is 6.02. The van der Waals surface area contributed by atoms with E-state index in [1.807, 2.05) is 0 Å². The lowest BCUT2D eigenvalue weighted by molar-refractivity contribution is -0.134. The Labute approximate surface area is 110 Å². The molecule has 1 saturated heterocycles. The van der Waals surface area contributed by atoms with Gasteiger partial charge in [0.25, 0.3) is 0 Å². The number of nitrogens with one attached hydrogen (secondary N) is 1. The quantitative estimate of drug-likeness (QED) is 0.794. The third-order valence-electron chi connectivity index (χ3n) is 4.36. The van der Waals surface area contributed by atoms with E-state index in [1.165, 1.54) is 32.1 Å². The summed E-state index contributed by atoms with van der Waals surface area (Å²) in [5.74, 6) is 0.921. The highest BCUT2D eigenvalue weighted by atomic mass is 16.3. The Morgan fingerprint density at radius 2 is 2.06 bits per heavy atom. The highest BCUT2D eigenvalue weighted by molar-refractivity contribution is 5.81. The Balaban J connectivity index is 1.88. The van der Waals surface area contributed by atoms with Gasteiger partial charge in [-0.3, -0.25) is 4.79 Å². The average Bonchev–Trinajstić information content (AvgIpc) is 2.36. The van der Waals surface area contributed by atoms with Crippen LogP contribution in [0, 0.1) is 5.92 Å². The fourth-order valence-corrected chi connectivity index (χ4v) is 3.44. The average molecular weight is 254 g/mol. The molecular formula is C14H26N2O2. The van der Waals surface area contributed by atoms with Crippen LogP contribution in [0.2, 0.25) is 0 Å². The van der Waals surface area contributed by atoms with E-state index >= 15 is 0 Å². The van der Waals surface area contributed by atoms with Crippen molar-refractivity contribution in [3.63, 3.8) is 0 Å². The Morgan fingerprint density at radius 3 is 2.78 bits per heavy atom. The van der Waals surface area contributed by atoms with Gasteiger partial charge in [0, 0.05) is 19.6 Å². The first-order valence-corrected chi connectivity index (χ1v) is 7.27. The number of fused-ring (bicyclic) bond motifs is 1. The molecule has 2 fully saturated rings. The second-order valence-corrected chi connectivity index (χ2v) is 6.02. The lowest BCUT2D eigenvalue weighted by Gasteiger charge is -2.40. The van der Waals surface area contributed by atoms with E-state index in [2.05, 4.69) is 5.32 Å². The third kappa shape index (κ3) is 3.23. The number of nitrogens with zero attached hydrogens (tertiary/aromatic N) is 1. The number of likely N-dealkylation sites (N-methyl/N-ethyl adjacent to an activating group) is 1. The molecule has 2 rings (SSSR count). The normalized spacial score (nSPS) is 33.6. The van der Waals surface area contributed by atoms with Crippen LogP contribution in [-0.2, 0) is 4.79 Å². The lowest BCUT2D eigenvalue weighted by atomic mass is 9.77. The molecule has 4 atom stereocenters. The number of aliphatic hydroxyl groups is 1. The van der Waals surface area contributed by atoms with E-state index in [9.17, 15) is 9.90 Å². The largest absolute Gasteiger partial charge is 0.392 e. The number of hydrogen-bond donors (Lipinski definition) is 2. The van der Waals surface area contributed by atoms with E-state index in [0.29, 0.717) is 12.6 Å². The maximum Gasteiger partial charge on any atom is 0.239 e. The van der Waals surface area contributed by atoms with Crippen LogP contribution in [-0.4, -0.2) is 47.7 Å². The van der Waals surface area contributed by atoms with Crippen LogP contribution in [0.5, 0.6) is 0 Å². The van der Waals surface area contributed by atoms with Gasteiger partial charge in [0.05, 0.1) is 12.1 Å². The van der Waals surface area contributed by atoms with Crippen molar-refractivity contribution in [2.75, 3.05) is 13.6 Å². The van der Waals surface area contributed by atoms with E-state index in [1.54, 1.807) is 18.9 Å². The van der Waals surface area contributed by atoms with Crippen molar-refractivity contribution in [1.82, 2.24) is 10.2 Å². The van der Waals surface area contributed by atoms with Crippen molar-refractivity contribution in [2.45, 2.75) is 63.6 Å². The Morgan fingerprint density at radius 1 is 1.33 bits per heavy atom. The molecule has 4 nitrogen and oxygen atoms in total. The Bertz CT molecular complexity index is 294. The van der Waals surface area contributed by atoms with Crippen LogP contribution in [0.4, 0.5) is 0 Å². The van der Waals surface area contributed by atoms with Crippen molar-refractivity contribution in [3.05, 3.63) is 0 Å². The van der Waals surface area contributed by atoms with Gasteiger partial charge in [0.1, 0.15) is 0 Å². The molecule has 1 saturated carbocycles. The van der Waals surface area contributed by atoms with E-state index in [-0.39, 0.29) is 11.9 Å². The zero-order valence-electron chi connectivity index (χ0n) is 11.6. The number of piperidine rings is 1. The number of rotatable bonds is 3. The maximum absolute atomic E-state index is 12.3. The molecule has 0 aromatic rings. The highest BCUT2D eigenvalue weighted by Gasteiger charge is 2.35. The minimum absolute atomic E-state index is 0.0342. The highest BCUT2D eigenvalue weighted by Crippen LogP contribution is 2.32. The Hall–Kier alpha value is -0.610. The summed E-state index contributed by atoms with van der Waals surface area (Å²) in [5, 5.41) is 12.9. The molecular weight excluding hydrogens is 228 g/mol. The summed E-state index contributed by atoms with van der Waals surface area (Å²) in [4.78, 5) is 13.9. The molecule has 18 heavy (non-hydrogen) atoms. The first-order valence-electron chi connectivity index (χ1n) is 7.27. The summed E-state index contributed by atoms with van der Waals surface area (Å²) in [6.07, 6.45) is 6.85. The molecule has 2 N–H and O–H groups in total. The first-order chi connectivity index (χ1) is 8.58. The van der Waals surface area contributed by atoms with Gasteiger partial charge in [-0.25, -0.2) is 0 Å². The van der Waals surface area contributed by atoms with E-state index in [4.69, 9.17) is 0 Å². The van der Waals surface area contributed by atoms with E-state index < -0.39 is 6.10 Å². The van der Waals surface area contributed by atoms with E-state index in [0.717, 1.165) is 12.3 Å². The summed E-state index contributed by atoms with van der Waals surface area (Å²) in [5.41, 5.74) is 0. The van der Waals surface area contributed by atoms with Crippen LogP contribution < -0.4 is 5.32 Å². The van der Waals surface area contributed by atoms with Crippen molar-refractivity contribution in [3.8, 4) is 0 Å². The zero-order valence-corrected chi connectivity index (χ0v) is 11.6. The molecule has 4 heteroatoms. The minimum Gasteiger partial charge on any atom is -0.392 e. The fraction of sp³-hybridized carbons (Fsp3) is 0.929. The molecule has 1 amide bonds. The van der Waals surface area contributed by atoms with Gasteiger partial charge in [-0.15, -0.1) is 0 Å². The monoisotopic (exact) mass is 254 g/mol. The molecule has 1 heterocycles. The molecule has 0 spiro atoms. The van der Waals surface area contributed by atoms with Crippen molar-refractivity contribution in [1.29, 1.82) is 0 Å². The molecule has 2 aliphatic rings. The predicted octanol–water partition coefficient (Wildman–Crippen LogP) is 1.14. The molecule has 4 unspecified atom stereocenters. The number of carbonyl (C=O) groups excluding carboxylic acids is 1. The number of amides is 1. The SMILES string of the molecule is CC(O)CN(C)C(=O)C1CCC2CCCCC2N1. The van der Waals surface area contributed by atoms with Crippen molar-refractivity contribution >= 4 is 5.91 Å². The lowest BCUT2D eigenvalue weighted by Crippen LogP contribution is -2.55. The van der Waals surface area contributed by atoms with Gasteiger partial charge in [0.15, 0.2) is 0 Å². The number of hydrogen-bond acceptors (Lipinski definition) is 3. The molecule has 104 valence electrons. The molecule has 1 aliphatic carbocycles. The van der Waals surface area contributed by atoms with Crippen LogP contribution in [0.1, 0.15) is 45.4 Å². The smallest absolute Gasteiger partial charge is 0.239 e. The van der Waals surface area contributed by atoms with Gasteiger partial charge < -0.3 is 15.3 Å². The second kappa shape index (κ2) is 6.02. The van der Waals surface area contributed by atoms with Crippen molar-refractivity contribution < 1.29 is 9.90 Å². The predicted molar refractivity (Wildman–Crippen MR) is 71.2 cm³/mol. The van der Waals surface area contributed by atoms with Crippen LogP contribution >= 0.6 is 0 Å². The maximum atomic E-state index is 12.3. The van der Waals surface area contributed by atoms with Gasteiger partial charge in [-0.05, 0) is 38.5 Å².